The fraction of sp³-hybridized carbons (Fsp3) is 0.667. The molecule has 0 saturated heterocycles. The number of furan rings is 1. The molecule has 19 heavy (non-hydrogen) atoms. The minimum Gasteiger partial charge on any atom is -0.469 e. The highest BCUT2D eigenvalue weighted by atomic mass is 16.5. The number of esters is 1. The molecule has 1 aliphatic rings. The van der Waals surface area contributed by atoms with E-state index in [1.165, 1.54) is 13.5 Å². The first-order valence-electron chi connectivity index (χ1n) is 6.78. The highest BCUT2D eigenvalue weighted by molar-refractivity contribution is 5.70. The molecule has 1 saturated carbocycles. The van der Waals surface area contributed by atoms with Gasteiger partial charge >= 0.3 is 5.97 Å². The number of rotatable bonds is 5. The summed E-state index contributed by atoms with van der Waals surface area (Å²) in [5.41, 5.74) is 5.65. The van der Waals surface area contributed by atoms with Crippen molar-refractivity contribution in [2.45, 2.75) is 51.0 Å². The van der Waals surface area contributed by atoms with Gasteiger partial charge in [-0.15, -0.1) is 0 Å². The molecule has 3 unspecified atom stereocenters. The molecule has 0 radical (unpaired) electrons. The van der Waals surface area contributed by atoms with Crippen LogP contribution in [0.4, 0.5) is 0 Å². The molecule has 1 heterocycles. The highest BCUT2D eigenvalue weighted by Gasteiger charge is 2.38. The summed E-state index contributed by atoms with van der Waals surface area (Å²) in [4.78, 5) is 11.5. The molecular weight excluding hydrogens is 242 g/mol. The number of hydrogen-bond donors (Lipinski definition) is 1. The van der Waals surface area contributed by atoms with Crippen LogP contribution in [0.25, 0.3) is 0 Å². The molecule has 0 amide bonds. The predicted octanol–water partition coefficient (Wildman–Crippen LogP) is 2.79. The van der Waals surface area contributed by atoms with Crippen molar-refractivity contribution in [2.24, 2.45) is 11.7 Å². The van der Waals surface area contributed by atoms with Gasteiger partial charge in [-0.25, -0.2) is 0 Å². The molecule has 2 rings (SSSR count). The van der Waals surface area contributed by atoms with Gasteiger partial charge in [0.1, 0.15) is 11.5 Å². The molecule has 0 aromatic carbocycles. The third-order valence-corrected chi connectivity index (χ3v) is 3.96. The summed E-state index contributed by atoms with van der Waals surface area (Å²) in [5, 5.41) is 0. The lowest BCUT2D eigenvalue weighted by molar-refractivity contribution is -0.141. The average Bonchev–Trinajstić information content (AvgIpc) is 2.88. The van der Waals surface area contributed by atoms with Gasteiger partial charge in [0.05, 0.1) is 13.5 Å². The summed E-state index contributed by atoms with van der Waals surface area (Å²) >= 11 is 0. The van der Waals surface area contributed by atoms with E-state index in [9.17, 15) is 4.79 Å². The second kappa shape index (κ2) is 5.00. The van der Waals surface area contributed by atoms with Gasteiger partial charge in [-0.3, -0.25) is 4.79 Å². The summed E-state index contributed by atoms with van der Waals surface area (Å²) in [5.74, 6) is 2.61. The van der Waals surface area contributed by atoms with Crippen LogP contribution in [-0.2, 0) is 9.53 Å². The number of methoxy groups -OCH3 is 1. The van der Waals surface area contributed by atoms with Crippen LogP contribution in [0.1, 0.15) is 57.0 Å². The van der Waals surface area contributed by atoms with Crippen molar-refractivity contribution < 1.29 is 13.9 Å². The number of nitrogens with two attached hydrogens (primary N) is 1. The average molecular weight is 265 g/mol. The van der Waals surface area contributed by atoms with E-state index < -0.39 is 5.54 Å². The van der Waals surface area contributed by atoms with Crippen LogP contribution in [-0.4, -0.2) is 18.6 Å². The van der Waals surface area contributed by atoms with Crippen molar-refractivity contribution in [3.05, 3.63) is 23.7 Å². The number of carbonyl (C=O) groups is 1. The summed E-state index contributed by atoms with van der Waals surface area (Å²) in [6.07, 6.45) is 1.42. The fourth-order valence-corrected chi connectivity index (χ4v) is 2.45. The highest BCUT2D eigenvalue weighted by Crippen LogP contribution is 2.48. The minimum absolute atomic E-state index is 0.164. The summed E-state index contributed by atoms with van der Waals surface area (Å²) in [6, 6.07) is 3.96. The van der Waals surface area contributed by atoms with E-state index in [2.05, 4.69) is 6.92 Å². The summed E-state index contributed by atoms with van der Waals surface area (Å²) in [7, 11) is 1.39. The molecule has 1 fully saturated rings. The normalized spacial score (nSPS) is 24.1. The maximum Gasteiger partial charge on any atom is 0.306 e. The largest absolute Gasteiger partial charge is 0.469 e. The molecule has 3 atom stereocenters. The Hall–Kier alpha value is -1.29. The molecule has 2 N–H and O–H groups in total. The van der Waals surface area contributed by atoms with Crippen molar-refractivity contribution in [1.82, 2.24) is 0 Å². The SMILES string of the molecule is COC(=O)CC(c1ccc(C2CC2C)o1)C(C)(C)N. The van der Waals surface area contributed by atoms with E-state index in [1.807, 2.05) is 26.0 Å². The molecule has 0 bridgehead atoms. The van der Waals surface area contributed by atoms with Crippen LogP contribution in [0.3, 0.4) is 0 Å². The smallest absolute Gasteiger partial charge is 0.306 e. The Morgan fingerprint density at radius 3 is 2.68 bits per heavy atom. The Kier molecular flexibility index (Phi) is 3.72. The quantitative estimate of drug-likeness (QED) is 0.831. The van der Waals surface area contributed by atoms with E-state index in [-0.39, 0.29) is 18.3 Å². The van der Waals surface area contributed by atoms with Crippen molar-refractivity contribution in [1.29, 1.82) is 0 Å². The molecule has 4 heteroatoms. The lowest BCUT2D eigenvalue weighted by atomic mass is 9.84. The first-order valence-corrected chi connectivity index (χ1v) is 6.78. The first kappa shape index (κ1) is 14.1. The fourth-order valence-electron chi connectivity index (χ4n) is 2.45. The molecule has 106 valence electrons. The molecule has 4 nitrogen and oxygen atoms in total. The van der Waals surface area contributed by atoms with Crippen molar-refractivity contribution in [3.8, 4) is 0 Å². The van der Waals surface area contributed by atoms with E-state index in [0.29, 0.717) is 11.8 Å². The van der Waals surface area contributed by atoms with Crippen molar-refractivity contribution >= 4 is 5.97 Å². The van der Waals surface area contributed by atoms with Crippen LogP contribution >= 0.6 is 0 Å². The van der Waals surface area contributed by atoms with Crippen LogP contribution in [0.2, 0.25) is 0 Å². The van der Waals surface area contributed by atoms with Crippen LogP contribution in [0.15, 0.2) is 16.5 Å². The van der Waals surface area contributed by atoms with Gasteiger partial charge in [-0.2, -0.15) is 0 Å². The topological polar surface area (TPSA) is 65.5 Å². The lowest BCUT2D eigenvalue weighted by Gasteiger charge is -2.28. The Morgan fingerprint density at radius 1 is 1.58 bits per heavy atom. The van der Waals surface area contributed by atoms with Crippen LogP contribution in [0.5, 0.6) is 0 Å². The number of carbonyl (C=O) groups excluding carboxylic acids is 1. The Labute approximate surface area is 114 Å². The standard InChI is InChI=1S/C15H23NO3/c1-9-7-10(9)12-5-6-13(19-12)11(15(2,3)16)8-14(17)18-4/h5-6,9-11H,7-8,16H2,1-4H3. The Morgan fingerprint density at radius 2 is 2.21 bits per heavy atom. The van der Waals surface area contributed by atoms with Crippen LogP contribution < -0.4 is 5.73 Å². The van der Waals surface area contributed by atoms with Gasteiger partial charge in [0, 0.05) is 17.4 Å². The van der Waals surface area contributed by atoms with Crippen molar-refractivity contribution in [3.63, 3.8) is 0 Å². The van der Waals surface area contributed by atoms with Gasteiger partial charge in [-0.1, -0.05) is 6.92 Å². The summed E-state index contributed by atoms with van der Waals surface area (Å²) < 4.78 is 10.7. The molecule has 1 aromatic heterocycles. The zero-order chi connectivity index (χ0) is 14.2. The van der Waals surface area contributed by atoms with Gasteiger partial charge in [0.15, 0.2) is 0 Å². The van der Waals surface area contributed by atoms with Gasteiger partial charge in [0.2, 0.25) is 0 Å². The molecular formula is C15H23NO3. The molecule has 1 aliphatic carbocycles. The molecule has 0 spiro atoms. The molecule has 1 aromatic rings. The number of hydrogen-bond acceptors (Lipinski definition) is 4. The van der Waals surface area contributed by atoms with E-state index >= 15 is 0 Å². The number of ether oxygens (including phenoxy) is 1. The second-order valence-corrected chi connectivity index (χ2v) is 6.21. The predicted molar refractivity (Wildman–Crippen MR) is 72.9 cm³/mol. The first-order chi connectivity index (χ1) is 8.82. The van der Waals surface area contributed by atoms with Gasteiger partial charge < -0.3 is 14.9 Å². The third kappa shape index (κ3) is 3.18. The second-order valence-electron chi connectivity index (χ2n) is 6.21. The maximum atomic E-state index is 11.5. The van der Waals surface area contributed by atoms with E-state index in [1.54, 1.807) is 0 Å². The monoisotopic (exact) mass is 265 g/mol. The zero-order valence-corrected chi connectivity index (χ0v) is 12.1. The minimum atomic E-state index is -0.529. The Balaban J connectivity index is 2.18. The Bertz CT molecular complexity index is 458. The summed E-state index contributed by atoms with van der Waals surface area (Å²) in [6.45, 7) is 6.02. The van der Waals surface area contributed by atoms with Crippen LogP contribution in [0, 0.1) is 5.92 Å². The van der Waals surface area contributed by atoms with E-state index in [4.69, 9.17) is 14.9 Å². The zero-order valence-electron chi connectivity index (χ0n) is 12.1. The van der Waals surface area contributed by atoms with Crippen molar-refractivity contribution in [2.75, 3.05) is 7.11 Å². The lowest BCUT2D eigenvalue weighted by Crippen LogP contribution is -2.40. The maximum absolute atomic E-state index is 11.5. The van der Waals surface area contributed by atoms with E-state index in [0.717, 1.165) is 11.5 Å². The molecule has 0 aliphatic heterocycles. The van der Waals surface area contributed by atoms with Gasteiger partial charge in [-0.05, 0) is 38.3 Å². The van der Waals surface area contributed by atoms with Gasteiger partial charge in [0.25, 0.3) is 0 Å². The third-order valence-electron chi connectivity index (χ3n) is 3.96.